The van der Waals surface area contributed by atoms with Crippen LogP contribution in [0.1, 0.15) is 26.3 Å². The third-order valence-electron chi connectivity index (χ3n) is 2.80. The second-order valence-electron chi connectivity index (χ2n) is 4.32. The number of hydrogen-bond acceptors (Lipinski definition) is 3. The van der Waals surface area contributed by atoms with Crippen LogP contribution in [0.3, 0.4) is 0 Å². The maximum absolute atomic E-state index is 12.2. The van der Waals surface area contributed by atoms with Crippen LogP contribution in [-0.2, 0) is 0 Å². The predicted molar refractivity (Wildman–Crippen MR) is 80.3 cm³/mol. The molecule has 4 nitrogen and oxygen atoms in total. The van der Waals surface area contributed by atoms with Crippen molar-refractivity contribution in [2.24, 2.45) is 0 Å². The van der Waals surface area contributed by atoms with Crippen LogP contribution in [0.5, 0.6) is 5.75 Å². The van der Waals surface area contributed by atoms with Gasteiger partial charge in [0.05, 0.1) is 5.69 Å². The van der Waals surface area contributed by atoms with Crippen LogP contribution in [0.4, 0.5) is 5.69 Å². The van der Waals surface area contributed by atoms with Crippen molar-refractivity contribution < 1.29 is 14.7 Å². The van der Waals surface area contributed by atoms with Gasteiger partial charge < -0.3 is 10.4 Å². The Morgan fingerprint density at radius 3 is 2.70 bits per heavy atom. The average molecular weight is 334 g/mol. The van der Waals surface area contributed by atoms with Crippen molar-refractivity contribution in [2.45, 2.75) is 6.92 Å². The van der Waals surface area contributed by atoms with E-state index in [0.29, 0.717) is 27.6 Å². The van der Waals surface area contributed by atoms with E-state index in [1.807, 2.05) is 0 Å². The molecule has 2 aromatic rings. The van der Waals surface area contributed by atoms with Gasteiger partial charge in [-0.05, 0) is 52.7 Å². The van der Waals surface area contributed by atoms with Gasteiger partial charge in [0.25, 0.3) is 5.91 Å². The first-order valence-corrected chi connectivity index (χ1v) is 6.66. The number of carbonyl (C=O) groups excluding carboxylic acids is 2. The summed E-state index contributed by atoms with van der Waals surface area (Å²) in [6.07, 6.45) is 0.693. The molecule has 0 bridgehead atoms. The minimum absolute atomic E-state index is 0.121. The van der Waals surface area contributed by atoms with Crippen LogP contribution in [0.2, 0.25) is 0 Å². The molecule has 0 saturated heterocycles. The molecular formula is C15H12BrNO3. The van der Waals surface area contributed by atoms with Gasteiger partial charge in [-0.3, -0.25) is 9.59 Å². The van der Waals surface area contributed by atoms with Gasteiger partial charge in [0, 0.05) is 15.6 Å². The molecule has 0 aliphatic heterocycles. The lowest BCUT2D eigenvalue weighted by Crippen LogP contribution is -2.13. The second kappa shape index (κ2) is 5.88. The van der Waals surface area contributed by atoms with Gasteiger partial charge in [-0.1, -0.05) is 12.1 Å². The van der Waals surface area contributed by atoms with Gasteiger partial charge >= 0.3 is 0 Å². The van der Waals surface area contributed by atoms with Crippen molar-refractivity contribution in [1.82, 2.24) is 0 Å². The minimum Gasteiger partial charge on any atom is -0.508 e. The zero-order valence-corrected chi connectivity index (χ0v) is 12.3. The summed E-state index contributed by atoms with van der Waals surface area (Å²) in [5.41, 5.74) is 2.16. The maximum Gasteiger partial charge on any atom is 0.255 e. The van der Waals surface area contributed by atoms with E-state index in [1.165, 1.54) is 12.1 Å². The Kier molecular flexibility index (Phi) is 4.20. The maximum atomic E-state index is 12.2. The number of rotatable bonds is 3. The lowest BCUT2D eigenvalue weighted by Gasteiger charge is -2.11. The molecule has 0 aliphatic carbocycles. The van der Waals surface area contributed by atoms with Gasteiger partial charge in [0.2, 0.25) is 0 Å². The molecule has 0 aliphatic rings. The van der Waals surface area contributed by atoms with E-state index in [0.717, 1.165) is 5.56 Å². The van der Waals surface area contributed by atoms with E-state index in [2.05, 4.69) is 21.2 Å². The summed E-state index contributed by atoms with van der Waals surface area (Å²) in [6.45, 7) is 1.78. The van der Waals surface area contributed by atoms with Crippen LogP contribution in [0.15, 0.2) is 40.9 Å². The summed E-state index contributed by atoms with van der Waals surface area (Å²) in [6, 6.07) is 9.49. The first-order chi connectivity index (χ1) is 9.51. The standard InChI is InChI=1S/C15H12BrNO3/c1-9-5-12(19)7-13(16)14(9)17-15(20)11-4-2-3-10(6-11)8-18/h2-8,19H,1H3,(H,17,20). The lowest BCUT2D eigenvalue weighted by atomic mass is 10.1. The Hall–Kier alpha value is -2.14. The number of carbonyl (C=O) groups is 2. The van der Waals surface area contributed by atoms with E-state index in [1.54, 1.807) is 31.2 Å². The number of aldehydes is 1. The van der Waals surface area contributed by atoms with Gasteiger partial charge in [0.15, 0.2) is 0 Å². The number of nitrogens with one attached hydrogen (secondary N) is 1. The molecule has 0 unspecified atom stereocenters. The highest BCUT2D eigenvalue weighted by Gasteiger charge is 2.12. The smallest absolute Gasteiger partial charge is 0.255 e. The fourth-order valence-electron chi connectivity index (χ4n) is 1.82. The van der Waals surface area contributed by atoms with Gasteiger partial charge in [-0.2, -0.15) is 0 Å². The number of aromatic hydroxyl groups is 1. The van der Waals surface area contributed by atoms with Crippen LogP contribution in [0.25, 0.3) is 0 Å². The Labute approximate surface area is 124 Å². The number of amides is 1. The summed E-state index contributed by atoms with van der Waals surface area (Å²) in [5, 5.41) is 12.2. The van der Waals surface area contributed by atoms with Gasteiger partial charge in [-0.15, -0.1) is 0 Å². The summed E-state index contributed by atoms with van der Waals surface area (Å²) < 4.78 is 0.592. The number of halogens is 1. The molecule has 1 amide bonds. The zero-order chi connectivity index (χ0) is 14.7. The second-order valence-corrected chi connectivity index (χ2v) is 5.17. The van der Waals surface area contributed by atoms with E-state index in [9.17, 15) is 14.7 Å². The summed E-state index contributed by atoms with van der Waals surface area (Å²) in [7, 11) is 0. The molecule has 0 fully saturated rings. The molecule has 2 aromatic carbocycles. The van der Waals surface area contributed by atoms with E-state index >= 15 is 0 Å². The number of phenols is 1. The SMILES string of the molecule is Cc1cc(O)cc(Br)c1NC(=O)c1cccc(C=O)c1. The number of phenolic OH excluding ortho intramolecular Hbond substituents is 1. The summed E-state index contributed by atoms with van der Waals surface area (Å²) >= 11 is 3.30. The first kappa shape index (κ1) is 14.3. The number of hydrogen-bond donors (Lipinski definition) is 2. The highest BCUT2D eigenvalue weighted by molar-refractivity contribution is 9.10. The van der Waals surface area contributed by atoms with Crippen molar-refractivity contribution in [2.75, 3.05) is 5.32 Å². The van der Waals surface area contributed by atoms with E-state index in [-0.39, 0.29) is 11.7 Å². The molecule has 0 heterocycles. The van der Waals surface area contributed by atoms with Crippen LogP contribution in [-0.4, -0.2) is 17.3 Å². The molecule has 2 rings (SSSR count). The van der Waals surface area contributed by atoms with Crippen molar-refractivity contribution in [3.05, 3.63) is 57.6 Å². The first-order valence-electron chi connectivity index (χ1n) is 5.87. The lowest BCUT2D eigenvalue weighted by molar-refractivity contribution is 0.102. The topological polar surface area (TPSA) is 66.4 Å². The van der Waals surface area contributed by atoms with Crippen LogP contribution in [0, 0.1) is 6.92 Å². The summed E-state index contributed by atoms with van der Waals surface area (Å²) in [4.78, 5) is 22.9. The molecule has 20 heavy (non-hydrogen) atoms. The molecule has 102 valence electrons. The molecule has 5 heteroatoms. The fourth-order valence-corrected chi connectivity index (χ4v) is 2.47. The zero-order valence-electron chi connectivity index (χ0n) is 10.7. The van der Waals surface area contributed by atoms with Gasteiger partial charge in [0.1, 0.15) is 12.0 Å². The number of anilines is 1. The minimum atomic E-state index is -0.316. The Balaban J connectivity index is 2.30. The Morgan fingerprint density at radius 1 is 1.30 bits per heavy atom. The third kappa shape index (κ3) is 3.05. The fraction of sp³-hybridized carbons (Fsp3) is 0.0667. The van der Waals surface area contributed by atoms with Crippen molar-refractivity contribution in [3.8, 4) is 5.75 Å². The molecule has 0 atom stereocenters. The molecule has 2 N–H and O–H groups in total. The monoisotopic (exact) mass is 333 g/mol. The van der Waals surface area contributed by atoms with Gasteiger partial charge in [-0.25, -0.2) is 0 Å². The van der Waals surface area contributed by atoms with Crippen molar-refractivity contribution in [1.29, 1.82) is 0 Å². The quantitative estimate of drug-likeness (QED) is 0.667. The van der Waals surface area contributed by atoms with E-state index < -0.39 is 0 Å². The van der Waals surface area contributed by atoms with E-state index in [4.69, 9.17) is 0 Å². The Bertz CT molecular complexity index is 660. The van der Waals surface area contributed by atoms with Crippen molar-refractivity contribution >= 4 is 33.8 Å². The molecule has 0 spiro atoms. The number of aryl methyl sites for hydroxylation is 1. The average Bonchev–Trinajstić information content (AvgIpc) is 2.42. The highest BCUT2D eigenvalue weighted by atomic mass is 79.9. The molecule has 0 saturated carbocycles. The predicted octanol–water partition coefficient (Wildman–Crippen LogP) is 3.53. The van der Waals surface area contributed by atoms with Crippen molar-refractivity contribution in [3.63, 3.8) is 0 Å². The molecule has 0 radical (unpaired) electrons. The third-order valence-corrected chi connectivity index (χ3v) is 3.42. The molecular weight excluding hydrogens is 322 g/mol. The number of benzene rings is 2. The Morgan fingerprint density at radius 2 is 2.05 bits per heavy atom. The highest BCUT2D eigenvalue weighted by Crippen LogP contribution is 2.31. The van der Waals surface area contributed by atoms with Crippen LogP contribution >= 0.6 is 15.9 Å². The largest absolute Gasteiger partial charge is 0.508 e. The molecule has 0 aromatic heterocycles. The normalized spacial score (nSPS) is 10.1. The summed E-state index contributed by atoms with van der Waals surface area (Å²) in [5.74, 6) is -0.196. The van der Waals surface area contributed by atoms with Crippen LogP contribution < -0.4 is 5.32 Å².